The second kappa shape index (κ2) is 6.88. The zero-order chi connectivity index (χ0) is 11.0. The van der Waals surface area contributed by atoms with Gasteiger partial charge in [0, 0.05) is 24.8 Å². The Labute approximate surface area is 81.2 Å². The maximum atomic E-state index is 11.1. The summed E-state index contributed by atoms with van der Waals surface area (Å²) in [5.41, 5.74) is 7.91. The van der Waals surface area contributed by atoms with Crippen LogP contribution in [0.3, 0.4) is 0 Å². The molecule has 7 heteroatoms. The summed E-state index contributed by atoms with van der Waals surface area (Å²) in [5, 5.41) is 3.95. The van der Waals surface area contributed by atoms with Crippen LogP contribution in [0.4, 0.5) is 0 Å². The Hall–Kier alpha value is -1.59. The second-order valence-corrected chi connectivity index (χ2v) is 2.51. The molecule has 7 nitrogen and oxygen atoms in total. The average Bonchev–Trinajstić information content (AvgIpc) is 2.16. The van der Waals surface area contributed by atoms with E-state index < -0.39 is 5.91 Å². The van der Waals surface area contributed by atoms with E-state index in [1.807, 2.05) is 0 Å². The third-order valence-electron chi connectivity index (χ3n) is 1.56. The van der Waals surface area contributed by atoms with Crippen LogP contribution in [0.2, 0.25) is 0 Å². The molecule has 0 N–H and O–H groups in total. The van der Waals surface area contributed by atoms with E-state index in [0.717, 1.165) is 5.06 Å². The van der Waals surface area contributed by atoms with Crippen molar-refractivity contribution in [1.82, 2.24) is 5.06 Å². The van der Waals surface area contributed by atoms with Crippen LogP contribution in [-0.2, 0) is 14.4 Å². The summed E-state index contributed by atoms with van der Waals surface area (Å²) in [6.45, 7) is 0. The van der Waals surface area contributed by atoms with Gasteiger partial charge in [0.15, 0.2) is 0 Å². The second-order valence-electron chi connectivity index (χ2n) is 2.51. The van der Waals surface area contributed by atoms with Gasteiger partial charge in [-0.05, 0) is 17.1 Å². The topological polar surface area (TPSA) is 95.4 Å². The van der Waals surface area contributed by atoms with Crippen LogP contribution in [0.25, 0.3) is 10.4 Å². The molecule has 0 fully saturated rings. The maximum Gasteiger partial charge on any atom is 0.245 e. The summed E-state index contributed by atoms with van der Waals surface area (Å²) in [4.78, 5) is 28.8. The summed E-state index contributed by atoms with van der Waals surface area (Å²) in [5.74, 6) is -0.776. The van der Waals surface area contributed by atoms with Crippen molar-refractivity contribution in [2.45, 2.75) is 19.3 Å². The van der Waals surface area contributed by atoms with Crippen molar-refractivity contribution in [3.05, 3.63) is 10.4 Å². The van der Waals surface area contributed by atoms with Gasteiger partial charge >= 0.3 is 0 Å². The standard InChI is InChI=1S/C7H12N4O3/c1-11(14-2)7(13)5-3-4-6(12)9-10-8/h3-5H2,1-2H3. The highest BCUT2D eigenvalue weighted by Crippen LogP contribution is 2.00. The largest absolute Gasteiger partial charge is 0.293 e. The van der Waals surface area contributed by atoms with Gasteiger partial charge in [0.25, 0.3) is 0 Å². The molecule has 0 saturated heterocycles. The van der Waals surface area contributed by atoms with Crippen LogP contribution in [0.1, 0.15) is 19.3 Å². The van der Waals surface area contributed by atoms with Crippen molar-refractivity contribution in [2.75, 3.05) is 14.2 Å². The molecule has 0 rings (SSSR count). The van der Waals surface area contributed by atoms with Gasteiger partial charge < -0.3 is 0 Å². The molecular weight excluding hydrogens is 188 g/mol. The van der Waals surface area contributed by atoms with Crippen LogP contribution in [0.15, 0.2) is 5.11 Å². The van der Waals surface area contributed by atoms with E-state index in [9.17, 15) is 9.59 Å². The van der Waals surface area contributed by atoms with Crippen LogP contribution in [-0.4, -0.2) is 31.0 Å². The van der Waals surface area contributed by atoms with Crippen molar-refractivity contribution in [3.63, 3.8) is 0 Å². The zero-order valence-corrected chi connectivity index (χ0v) is 8.13. The number of hydroxylamine groups is 2. The Morgan fingerprint density at radius 2 is 2.14 bits per heavy atom. The molecule has 0 heterocycles. The van der Waals surface area contributed by atoms with E-state index in [0.29, 0.717) is 6.42 Å². The molecule has 0 aromatic rings. The Balaban J connectivity index is 3.69. The summed E-state index contributed by atoms with van der Waals surface area (Å²) < 4.78 is 0. The fraction of sp³-hybridized carbons (Fsp3) is 0.714. The molecule has 0 bridgehead atoms. The maximum absolute atomic E-state index is 11.1. The van der Waals surface area contributed by atoms with Gasteiger partial charge in [0.2, 0.25) is 11.8 Å². The Morgan fingerprint density at radius 1 is 1.50 bits per heavy atom. The zero-order valence-electron chi connectivity index (χ0n) is 8.13. The molecule has 0 aliphatic rings. The summed E-state index contributed by atoms with van der Waals surface area (Å²) in [6.07, 6.45) is 0.620. The first-order chi connectivity index (χ1) is 6.61. The number of amides is 2. The van der Waals surface area contributed by atoms with Crippen molar-refractivity contribution in [3.8, 4) is 0 Å². The van der Waals surface area contributed by atoms with Crippen LogP contribution in [0, 0.1) is 0 Å². The van der Waals surface area contributed by atoms with E-state index in [-0.39, 0.29) is 18.7 Å². The third kappa shape index (κ3) is 5.13. The molecule has 14 heavy (non-hydrogen) atoms. The van der Waals surface area contributed by atoms with Gasteiger partial charge in [-0.15, -0.1) is 0 Å². The van der Waals surface area contributed by atoms with E-state index in [1.165, 1.54) is 14.2 Å². The van der Waals surface area contributed by atoms with Gasteiger partial charge in [0.05, 0.1) is 7.11 Å². The summed E-state index contributed by atoms with van der Waals surface area (Å²) in [7, 11) is 2.86. The molecule has 2 amide bonds. The number of nitrogens with zero attached hydrogens (tertiary/aromatic N) is 4. The predicted octanol–water partition coefficient (Wildman–Crippen LogP) is 1.01. The molecule has 0 aromatic heterocycles. The van der Waals surface area contributed by atoms with Crippen LogP contribution in [0.5, 0.6) is 0 Å². The molecule has 0 unspecified atom stereocenters. The SMILES string of the molecule is CON(C)C(=O)CCCC(=O)N=[N+]=[N-]. The highest BCUT2D eigenvalue weighted by molar-refractivity contribution is 5.78. The van der Waals surface area contributed by atoms with Gasteiger partial charge in [0.1, 0.15) is 0 Å². The number of rotatable bonds is 5. The van der Waals surface area contributed by atoms with Crippen molar-refractivity contribution < 1.29 is 14.4 Å². The van der Waals surface area contributed by atoms with E-state index in [1.54, 1.807) is 0 Å². The Bertz CT molecular complexity index is 260. The first-order valence-electron chi connectivity index (χ1n) is 4.00. The van der Waals surface area contributed by atoms with Gasteiger partial charge in [-0.25, -0.2) is 5.06 Å². The lowest BCUT2D eigenvalue weighted by Gasteiger charge is -2.12. The number of carbonyl (C=O) groups excluding carboxylic acids is 2. The van der Waals surface area contributed by atoms with Crippen molar-refractivity contribution in [2.24, 2.45) is 5.11 Å². The molecule has 0 radical (unpaired) electrons. The van der Waals surface area contributed by atoms with E-state index >= 15 is 0 Å². The summed E-state index contributed by atoms with van der Waals surface area (Å²) in [6, 6.07) is 0. The smallest absolute Gasteiger partial charge is 0.245 e. The van der Waals surface area contributed by atoms with Crippen molar-refractivity contribution in [1.29, 1.82) is 0 Å². The number of hydrogen-bond acceptors (Lipinski definition) is 3. The normalized spacial score (nSPS) is 9.00. The summed E-state index contributed by atoms with van der Waals surface area (Å²) >= 11 is 0. The number of hydrogen-bond donors (Lipinski definition) is 0. The van der Waals surface area contributed by atoms with E-state index in [4.69, 9.17) is 5.53 Å². The quantitative estimate of drug-likeness (QED) is 0.287. The lowest BCUT2D eigenvalue weighted by molar-refractivity contribution is -0.168. The fourth-order valence-corrected chi connectivity index (χ4v) is 0.750. The lowest BCUT2D eigenvalue weighted by atomic mass is 10.2. The molecule has 0 atom stereocenters. The number of azide groups is 1. The minimum absolute atomic E-state index is 0.0767. The van der Waals surface area contributed by atoms with Gasteiger partial charge in [-0.3, -0.25) is 14.4 Å². The molecule has 78 valence electrons. The van der Waals surface area contributed by atoms with Crippen molar-refractivity contribution >= 4 is 11.8 Å². The third-order valence-corrected chi connectivity index (χ3v) is 1.56. The fourth-order valence-electron chi connectivity index (χ4n) is 0.750. The van der Waals surface area contributed by atoms with Crippen LogP contribution >= 0.6 is 0 Å². The molecule has 0 saturated carbocycles. The van der Waals surface area contributed by atoms with Gasteiger partial charge in [-0.1, -0.05) is 0 Å². The average molecular weight is 200 g/mol. The van der Waals surface area contributed by atoms with Gasteiger partial charge in [-0.2, -0.15) is 0 Å². The highest BCUT2D eigenvalue weighted by Gasteiger charge is 2.08. The minimum atomic E-state index is -0.555. The molecule has 0 spiro atoms. The Morgan fingerprint density at radius 3 is 2.64 bits per heavy atom. The lowest BCUT2D eigenvalue weighted by Crippen LogP contribution is -2.25. The highest BCUT2D eigenvalue weighted by atomic mass is 16.7. The molecule has 0 aliphatic heterocycles. The first-order valence-corrected chi connectivity index (χ1v) is 4.00. The Kier molecular flexibility index (Phi) is 6.09. The monoisotopic (exact) mass is 200 g/mol. The molecule has 0 aliphatic carbocycles. The molecular formula is C7H12N4O3. The van der Waals surface area contributed by atoms with Crippen LogP contribution < -0.4 is 0 Å². The first kappa shape index (κ1) is 12.4. The van der Waals surface area contributed by atoms with E-state index in [2.05, 4.69) is 14.9 Å². The minimum Gasteiger partial charge on any atom is -0.293 e. The molecule has 0 aromatic carbocycles. The number of carbonyl (C=O) groups is 2. The predicted molar refractivity (Wildman–Crippen MR) is 47.8 cm³/mol.